The van der Waals surface area contributed by atoms with Gasteiger partial charge in [0.05, 0.1) is 5.60 Å². The Bertz CT molecular complexity index is 172. The number of hydrogen-bond donors (Lipinski definition) is 1. The van der Waals surface area contributed by atoms with Crippen LogP contribution in [0.25, 0.3) is 0 Å². The molecule has 0 radical (unpaired) electrons. The van der Waals surface area contributed by atoms with Crippen LogP contribution in [0, 0.1) is 5.92 Å². The van der Waals surface area contributed by atoms with E-state index in [1.54, 1.807) is 0 Å². The van der Waals surface area contributed by atoms with Gasteiger partial charge in [0.1, 0.15) is 0 Å². The second-order valence-corrected chi connectivity index (χ2v) is 5.68. The maximum absolute atomic E-state index is 5.68. The summed E-state index contributed by atoms with van der Waals surface area (Å²) in [5, 5.41) is 3.58. The van der Waals surface area contributed by atoms with Crippen LogP contribution in [0.15, 0.2) is 0 Å². The molecule has 1 rings (SSSR count). The predicted molar refractivity (Wildman–Crippen MR) is 69.8 cm³/mol. The number of rotatable bonds is 6. The lowest BCUT2D eigenvalue weighted by atomic mass is 10.00. The summed E-state index contributed by atoms with van der Waals surface area (Å²) in [6, 6.07) is 0. The van der Waals surface area contributed by atoms with Crippen molar-refractivity contribution < 1.29 is 4.74 Å². The zero-order valence-electron chi connectivity index (χ0n) is 11.3. The van der Waals surface area contributed by atoms with Gasteiger partial charge < -0.3 is 10.1 Å². The van der Waals surface area contributed by atoms with Gasteiger partial charge in [-0.3, -0.25) is 0 Å². The maximum Gasteiger partial charge on any atom is 0.0750 e. The molecule has 0 bridgehead atoms. The summed E-state index contributed by atoms with van der Waals surface area (Å²) in [6.45, 7) is 9.34. The lowest BCUT2D eigenvalue weighted by Gasteiger charge is -2.26. The Labute approximate surface area is 101 Å². The molecule has 0 spiro atoms. The minimum Gasteiger partial charge on any atom is -0.375 e. The zero-order valence-corrected chi connectivity index (χ0v) is 11.3. The largest absolute Gasteiger partial charge is 0.375 e. The van der Waals surface area contributed by atoms with Crippen molar-refractivity contribution in [2.24, 2.45) is 5.92 Å². The fourth-order valence-corrected chi connectivity index (χ4v) is 2.59. The second-order valence-electron chi connectivity index (χ2n) is 5.68. The summed E-state index contributed by atoms with van der Waals surface area (Å²) < 4.78 is 5.68. The van der Waals surface area contributed by atoms with Crippen molar-refractivity contribution in [3.05, 3.63) is 0 Å². The van der Waals surface area contributed by atoms with E-state index >= 15 is 0 Å². The molecule has 0 aliphatic heterocycles. The molecule has 0 unspecified atom stereocenters. The SMILES string of the molecule is CCOC(C)(C)CNCC1CCCCCC1. The normalized spacial score (nSPS) is 19.7. The van der Waals surface area contributed by atoms with Crippen LogP contribution in [0.4, 0.5) is 0 Å². The average Bonchev–Trinajstić information content (AvgIpc) is 2.46. The Morgan fingerprint density at radius 2 is 1.75 bits per heavy atom. The molecule has 2 heteroatoms. The molecular formula is C14H29NO. The highest BCUT2D eigenvalue weighted by atomic mass is 16.5. The Kier molecular flexibility index (Phi) is 6.37. The summed E-state index contributed by atoms with van der Waals surface area (Å²) in [4.78, 5) is 0. The molecule has 0 saturated heterocycles. The molecule has 0 amide bonds. The second kappa shape index (κ2) is 7.29. The van der Waals surface area contributed by atoms with Gasteiger partial charge in [-0.2, -0.15) is 0 Å². The third kappa shape index (κ3) is 5.86. The van der Waals surface area contributed by atoms with Crippen molar-refractivity contribution >= 4 is 0 Å². The van der Waals surface area contributed by atoms with E-state index in [0.29, 0.717) is 0 Å². The van der Waals surface area contributed by atoms with Crippen molar-refractivity contribution in [2.45, 2.75) is 64.9 Å². The zero-order chi connectivity index (χ0) is 11.9. The molecular weight excluding hydrogens is 198 g/mol. The highest BCUT2D eigenvalue weighted by Crippen LogP contribution is 2.22. The lowest BCUT2D eigenvalue weighted by molar-refractivity contribution is -0.00930. The summed E-state index contributed by atoms with van der Waals surface area (Å²) in [5.41, 5.74) is -0.0144. The molecule has 2 nitrogen and oxygen atoms in total. The predicted octanol–water partition coefficient (Wildman–Crippen LogP) is 3.36. The van der Waals surface area contributed by atoms with E-state index in [0.717, 1.165) is 19.1 Å². The summed E-state index contributed by atoms with van der Waals surface area (Å²) in [6.07, 6.45) is 8.59. The first kappa shape index (κ1) is 14.0. The van der Waals surface area contributed by atoms with E-state index in [1.807, 2.05) is 0 Å². The third-order valence-corrected chi connectivity index (χ3v) is 3.49. The Morgan fingerprint density at radius 1 is 1.12 bits per heavy atom. The summed E-state index contributed by atoms with van der Waals surface area (Å²) in [5.74, 6) is 0.903. The number of hydrogen-bond acceptors (Lipinski definition) is 2. The standard InChI is InChI=1S/C14H29NO/c1-4-16-14(2,3)12-15-11-13-9-7-5-6-8-10-13/h13,15H,4-12H2,1-3H3. The minimum absolute atomic E-state index is 0.0144. The molecule has 16 heavy (non-hydrogen) atoms. The van der Waals surface area contributed by atoms with Crippen LogP contribution in [0.3, 0.4) is 0 Å². The maximum atomic E-state index is 5.68. The highest BCUT2D eigenvalue weighted by molar-refractivity contribution is 4.74. The topological polar surface area (TPSA) is 21.3 Å². The number of nitrogens with one attached hydrogen (secondary N) is 1. The summed E-state index contributed by atoms with van der Waals surface area (Å²) >= 11 is 0. The molecule has 0 aromatic rings. The molecule has 0 aromatic heterocycles. The first-order valence-corrected chi connectivity index (χ1v) is 6.99. The number of ether oxygens (including phenoxy) is 1. The Balaban J connectivity index is 2.13. The van der Waals surface area contributed by atoms with Crippen LogP contribution in [0.2, 0.25) is 0 Å². The molecule has 1 N–H and O–H groups in total. The molecule has 0 atom stereocenters. The van der Waals surface area contributed by atoms with Gasteiger partial charge in [-0.05, 0) is 46.1 Å². The van der Waals surface area contributed by atoms with E-state index in [4.69, 9.17) is 4.74 Å². The van der Waals surface area contributed by atoms with Crippen LogP contribution in [-0.2, 0) is 4.74 Å². The Morgan fingerprint density at radius 3 is 2.31 bits per heavy atom. The fraction of sp³-hybridized carbons (Fsp3) is 1.00. The Hall–Kier alpha value is -0.0800. The highest BCUT2D eigenvalue weighted by Gasteiger charge is 2.18. The van der Waals surface area contributed by atoms with Crippen molar-refractivity contribution in [2.75, 3.05) is 19.7 Å². The fourth-order valence-electron chi connectivity index (χ4n) is 2.59. The van der Waals surface area contributed by atoms with Crippen molar-refractivity contribution in [1.29, 1.82) is 0 Å². The van der Waals surface area contributed by atoms with Crippen molar-refractivity contribution in [3.63, 3.8) is 0 Å². The third-order valence-electron chi connectivity index (χ3n) is 3.49. The van der Waals surface area contributed by atoms with Gasteiger partial charge in [-0.1, -0.05) is 25.7 Å². The molecule has 1 saturated carbocycles. The van der Waals surface area contributed by atoms with E-state index < -0.39 is 0 Å². The van der Waals surface area contributed by atoms with Gasteiger partial charge in [0.25, 0.3) is 0 Å². The van der Waals surface area contributed by atoms with E-state index in [9.17, 15) is 0 Å². The van der Waals surface area contributed by atoms with Crippen LogP contribution in [-0.4, -0.2) is 25.3 Å². The first-order valence-electron chi connectivity index (χ1n) is 6.99. The molecule has 1 aliphatic rings. The molecule has 1 fully saturated rings. The van der Waals surface area contributed by atoms with Gasteiger partial charge in [-0.15, -0.1) is 0 Å². The van der Waals surface area contributed by atoms with Crippen LogP contribution in [0.5, 0.6) is 0 Å². The van der Waals surface area contributed by atoms with Crippen molar-refractivity contribution in [3.8, 4) is 0 Å². The van der Waals surface area contributed by atoms with Crippen molar-refractivity contribution in [1.82, 2.24) is 5.32 Å². The van der Waals surface area contributed by atoms with Gasteiger partial charge in [0.15, 0.2) is 0 Å². The molecule has 96 valence electrons. The van der Waals surface area contributed by atoms with Gasteiger partial charge >= 0.3 is 0 Å². The van der Waals surface area contributed by atoms with E-state index in [-0.39, 0.29) is 5.60 Å². The van der Waals surface area contributed by atoms with Crippen LogP contribution >= 0.6 is 0 Å². The van der Waals surface area contributed by atoms with Crippen LogP contribution in [0.1, 0.15) is 59.3 Å². The van der Waals surface area contributed by atoms with Gasteiger partial charge in [0, 0.05) is 13.2 Å². The molecule has 0 heterocycles. The lowest BCUT2D eigenvalue weighted by Crippen LogP contribution is -2.39. The van der Waals surface area contributed by atoms with E-state index in [1.165, 1.54) is 45.1 Å². The van der Waals surface area contributed by atoms with E-state index in [2.05, 4.69) is 26.1 Å². The quantitative estimate of drug-likeness (QED) is 0.703. The van der Waals surface area contributed by atoms with Gasteiger partial charge in [-0.25, -0.2) is 0 Å². The molecule has 1 aliphatic carbocycles. The van der Waals surface area contributed by atoms with Crippen LogP contribution < -0.4 is 5.32 Å². The molecule has 0 aromatic carbocycles. The monoisotopic (exact) mass is 227 g/mol. The van der Waals surface area contributed by atoms with Gasteiger partial charge in [0.2, 0.25) is 0 Å². The minimum atomic E-state index is -0.0144. The smallest absolute Gasteiger partial charge is 0.0750 e. The first-order chi connectivity index (χ1) is 7.64. The average molecular weight is 227 g/mol. The summed E-state index contributed by atoms with van der Waals surface area (Å²) in [7, 11) is 0.